The van der Waals surface area contributed by atoms with Crippen molar-refractivity contribution < 1.29 is 13.5 Å². The van der Waals surface area contributed by atoms with Crippen LogP contribution >= 0.6 is 34.5 Å². The number of hydrogen-bond acceptors (Lipinski definition) is 4. The van der Waals surface area contributed by atoms with E-state index in [1.807, 2.05) is 0 Å². The highest BCUT2D eigenvalue weighted by molar-refractivity contribution is 7.89. The van der Waals surface area contributed by atoms with Gasteiger partial charge in [0.1, 0.15) is 9.23 Å². The lowest BCUT2D eigenvalue weighted by molar-refractivity contribution is 0.0769. The fourth-order valence-electron chi connectivity index (χ4n) is 3.11. The molecule has 1 aromatic rings. The third kappa shape index (κ3) is 2.32. The minimum absolute atomic E-state index is 0.0949. The van der Waals surface area contributed by atoms with Crippen molar-refractivity contribution in [2.24, 2.45) is 0 Å². The van der Waals surface area contributed by atoms with Crippen LogP contribution in [0.1, 0.15) is 25.7 Å². The van der Waals surface area contributed by atoms with Gasteiger partial charge in [-0.2, -0.15) is 4.31 Å². The van der Waals surface area contributed by atoms with Gasteiger partial charge >= 0.3 is 0 Å². The lowest BCUT2D eigenvalue weighted by atomic mass is 10.0. The van der Waals surface area contributed by atoms with Gasteiger partial charge in [0.2, 0.25) is 10.0 Å². The molecule has 2 unspecified atom stereocenters. The van der Waals surface area contributed by atoms with Gasteiger partial charge in [-0.15, -0.1) is 11.3 Å². The minimum Gasteiger partial charge on any atom is -0.393 e. The zero-order valence-electron chi connectivity index (χ0n) is 9.92. The van der Waals surface area contributed by atoms with Crippen LogP contribution in [0.5, 0.6) is 0 Å². The molecule has 1 N–H and O–H groups in total. The number of aliphatic hydroxyl groups is 1. The van der Waals surface area contributed by atoms with Gasteiger partial charge in [0, 0.05) is 12.1 Å². The first-order chi connectivity index (χ1) is 8.89. The SMILES string of the molecule is O=S(=O)(c1cc(Cl)sc1Cl)N1C2CCC1CC(O)C2. The smallest absolute Gasteiger partial charge is 0.245 e. The molecule has 4 nitrogen and oxygen atoms in total. The van der Waals surface area contributed by atoms with Crippen molar-refractivity contribution in [3.05, 3.63) is 14.7 Å². The molecule has 2 saturated heterocycles. The van der Waals surface area contributed by atoms with Gasteiger partial charge in [-0.05, 0) is 31.7 Å². The molecule has 2 bridgehead atoms. The molecule has 2 aliphatic heterocycles. The van der Waals surface area contributed by atoms with E-state index in [2.05, 4.69) is 0 Å². The molecule has 8 heteroatoms. The van der Waals surface area contributed by atoms with Crippen molar-refractivity contribution in [2.75, 3.05) is 0 Å². The second kappa shape index (κ2) is 4.86. The van der Waals surface area contributed by atoms with Gasteiger partial charge in [0.05, 0.1) is 10.4 Å². The predicted molar refractivity (Wildman–Crippen MR) is 75.4 cm³/mol. The van der Waals surface area contributed by atoms with Crippen molar-refractivity contribution in [3.63, 3.8) is 0 Å². The summed E-state index contributed by atoms with van der Waals surface area (Å²) in [5, 5.41) is 9.74. The van der Waals surface area contributed by atoms with Crippen LogP contribution in [0.4, 0.5) is 0 Å². The van der Waals surface area contributed by atoms with Gasteiger partial charge in [0.25, 0.3) is 0 Å². The van der Waals surface area contributed by atoms with Crippen molar-refractivity contribution in [3.8, 4) is 0 Å². The molecule has 0 aliphatic carbocycles. The summed E-state index contributed by atoms with van der Waals surface area (Å²) in [4.78, 5) is 0.0949. The first kappa shape index (κ1) is 14.1. The molecule has 19 heavy (non-hydrogen) atoms. The van der Waals surface area contributed by atoms with Crippen LogP contribution < -0.4 is 0 Å². The van der Waals surface area contributed by atoms with E-state index in [1.54, 1.807) is 0 Å². The number of nitrogens with zero attached hydrogens (tertiary/aromatic N) is 1. The van der Waals surface area contributed by atoms with E-state index in [1.165, 1.54) is 10.4 Å². The van der Waals surface area contributed by atoms with Gasteiger partial charge < -0.3 is 5.11 Å². The molecule has 0 spiro atoms. The molecule has 0 radical (unpaired) electrons. The van der Waals surface area contributed by atoms with E-state index in [-0.39, 0.29) is 21.3 Å². The summed E-state index contributed by atoms with van der Waals surface area (Å²) in [5.41, 5.74) is 0. The number of halogens is 2. The van der Waals surface area contributed by atoms with Crippen LogP contribution in [-0.2, 0) is 10.0 Å². The van der Waals surface area contributed by atoms with Crippen molar-refractivity contribution >= 4 is 44.6 Å². The zero-order valence-corrected chi connectivity index (χ0v) is 13.1. The summed E-state index contributed by atoms with van der Waals surface area (Å²) in [6, 6.07) is 1.18. The van der Waals surface area contributed by atoms with E-state index in [0.717, 1.165) is 24.2 Å². The predicted octanol–water partition coefficient (Wildman–Crippen LogP) is 2.73. The van der Waals surface area contributed by atoms with Crippen LogP contribution in [0, 0.1) is 0 Å². The van der Waals surface area contributed by atoms with E-state index >= 15 is 0 Å². The maximum absolute atomic E-state index is 12.7. The monoisotopic (exact) mass is 341 g/mol. The number of sulfonamides is 1. The molecular weight excluding hydrogens is 329 g/mol. The Morgan fingerprint density at radius 2 is 1.84 bits per heavy atom. The summed E-state index contributed by atoms with van der Waals surface area (Å²) < 4.78 is 27.5. The molecule has 3 rings (SSSR count). The van der Waals surface area contributed by atoms with Crippen molar-refractivity contribution in [2.45, 2.75) is 48.8 Å². The average molecular weight is 342 g/mol. The highest BCUT2D eigenvalue weighted by atomic mass is 35.5. The van der Waals surface area contributed by atoms with Crippen LogP contribution in [-0.4, -0.2) is 36.0 Å². The Labute approximate surface area is 126 Å². The Morgan fingerprint density at radius 1 is 1.26 bits per heavy atom. The summed E-state index contributed by atoms with van der Waals surface area (Å²) >= 11 is 12.9. The highest BCUT2D eigenvalue weighted by Crippen LogP contribution is 2.43. The average Bonchev–Trinajstić information content (AvgIpc) is 2.78. The standard InChI is InChI=1S/C11H13Cl2NO3S2/c12-10-5-9(11(13)18-10)19(16,17)14-6-1-2-7(14)4-8(15)3-6/h5-8,15H,1-4H2. The normalized spacial score (nSPS) is 31.8. The third-order valence-corrected chi connectivity index (χ3v) is 7.58. The molecule has 2 fully saturated rings. The molecule has 3 heterocycles. The van der Waals surface area contributed by atoms with Gasteiger partial charge in [0.15, 0.2) is 0 Å². The quantitative estimate of drug-likeness (QED) is 0.899. The Kier molecular flexibility index (Phi) is 3.61. The summed E-state index contributed by atoms with van der Waals surface area (Å²) in [6.07, 6.45) is 2.22. The van der Waals surface area contributed by atoms with Crippen molar-refractivity contribution in [1.29, 1.82) is 0 Å². The molecule has 106 valence electrons. The van der Waals surface area contributed by atoms with Gasteiger partial charge in [-0.1, -0.05) is 23.2 Å². The van der Waals surface area contributed by atoms with Crippen LogP contribution in [0.25, 0.3) is 0 Å². The molecule has 0 amide bonds. The first-order valence-electron chi connectivity index (χ1n) is 6.06. The second-order valence-electron chi connectivity index (χ2n) is 5.03. The van der Waals surface area contributed by atoms with E-state index in [4.69, 9.17) is 23.2 Å². The Balaban J connectivity index is 2.00. The largest absolute Gasteiger partial charge is 0.393 e. The lowest BCUT2D eigenvalue weighted by Crippen LogP contribution is -2.47. The zero-order chi connectivity index (χ0) is 13.8. The lowest BCUT2D eigenvalue weighted by Gasteiger charge is -2.35. The molecule has 2 aliphatic rings. The summed E-state index contributed by atoms with van der Waals surface area (Å²) in [7, 11) is -3.61. The topological polar surface area (TPSA) is 57.6 Å². The Morgan fingerprint density at radius 3 is 2.32 bits per heavy atom. The Bertz CT molecular complexity index is 587. The molecule has 2 atom stereocenters. The number of rotatable bonds is 2. The number of piperidine rings is 1. The minimum atomic E-state index is -3.61. The van der Waals surface area contributed by atoms with Crippen LogP contribution in [0.15, 0.2) is 11.0 Å². The third-order valence-electron chi connectivity index (χ3n) is 3.82. The van der Waals surface area contributed by atoms with E-state index in [0.29, 0.717) is 17.2 Å². The fraction of sp³-hybridized carbons (Fsp3) is 0.636. The van der Waals surface area contributed by atoms with Crippen LogP contribution in [0.3, 0.4) is 0 Å². The molecule has 1 aromatic heterocycles. The maximum atomic E-state index is 12.7. The molecule has 0 saturated carbocycles. The van der Waals surface area contributed by atoms with Crippen LogP contribution in [0.2, 0.25) is 8.67 Å². The Hall–Kier alpha value is 0.150. The van der Waals surface area contributed by atoms with Gasteiger partial charge in [-0.3, -0.25) is 0 Å². The second-order valence-corrected chi connectivity index (χ2v) is 9.13. The summed E-state index contributed by atoms with van der Waals surface area (Å²) in [6.45, 7) is 0. The molecular formula is C11H13Cl2NO3S2. The maximum Gasteiger partial charge on any atom is 0.245 e. The summed E-state index contributed by atoms with van der Waals surface area (Å²) in [5.74, 6) is 0. The number of fused-ring (bicyclic) bond motifs is 2. The first-order valence-corrected chi connectivity index (χ1v) is 9.07. The molecule has 0 aromatic carbocycles. The number of hydrogen-bond donors (Lipinski definition) is 1. The highest BCUT2D eigenvalue weighted by Gasteiger charge is 2.47. The fourth-order valence-corrected chi connectivity index (χ4v) is 7.12. The number of aliphatic hydroxyl groups excluding tert-OH is 1. The van der Waals surface area contributed by atoms with Crippen molar-refractivity contribution in [1.82, 2.24) is 4.31 Å². The number of thiophene rings is 1. The van der Waals surface area contributed by atoms with E-state index < -0.39 is 16.1 Å². The van der Waals surface area contributed by atoms with Gasteiger partial charge in [-0.25, -0.2) is 8.42 Å². The van der Waals surface area contributed by atoms with E-state index in [9.17, 15) is 13.5 Å².